The molecule has 0 aromatic heterocycles. The summed E-state index contributed by atoms with van der Waals surface area (Å²) in [4.78, 5) is 25.2. The monoisotopic (exact) mass is 388 g/mol. The molecule has 29 heavy (non-hydrogen) atoms. The lowest BCUT2D eigenvalue weighted by atomic mass is 10.1. The van der Waals surface area contributed by atoms with E-state index in [1.165, 1.54) is 0 Å². The highest BCUT2D eigenvalue weighted by molar-refractivity contribution is 5.98. The van der Waals surface area contributed by atoms with Crippen molar-refractivity contribution in [3.63, 3.8) is 0 Å². The molecule has 0 radical (unpaired) electrons. The third kappa shape index (κ3) is 5.69. The molecule has 0 saturated carbocycles. The van der Waals surface area contributed by atoms with Gasteiger partial charge in [0.05, 0.1) is 0 Å². The summed E-state index contributed by atoms with van der Waals surface area (Å²) < 4.78 is 5.97. The van der Waals surface area contributed by atoms with E-state index in [9.17, 15) is 9.59 Å². The van der Waals surface area contributed by atoms with E-state index in [4.69, 9.17) is 4.74 Å². The summed E-state index contributed by atoms with van der Waals surface area (Å²) in [7, 11) is 0. The van der Waals surface area contributed by atoms with Crippen molar-refractivity contribution in [2.75, 3.05) is 11.9 Å². The van der Waals surface area contributed by atoms with Gasteiger partial charge in [-0.05, 0) is 36.8 Å². The number of anilines is 1. The van der Waals surface area contributed by atoms with Crippen molar-refractivity contribution in [3.8, 4) is 5.75 Å². The van der Waals surface area contributed by atoms with Crippen LogP contribution in [0.25, 0.3) is 0 Å². The molecule has 0 spiro atoms. The molecule has 5 heteroatoms. The Bertz CT molecular complexity index is 943. The van der Waals surface area contributed by atoms with E-state index in [1.807, 2.05) is 67.6 Å². The summed E-state index contributed by atoms with van der Waals surface area (Å²) in [5.74, 6) is 0.124. The fraction of sp³-hybridized carbons (Fsp3) is 0.167. The van der Waals surface area contributed by atoms with Crippen LogP contribution in [0.5, 0.6) is 5.75 Å². The Morgan fingerprint density at radius 1 is 0.897 bits per heavy atom. The maximum Gasteiger partial charge on any atom is 0.270 e. The molecule has 148 valence electrons. The van der Waals surface area contributed by atoms with E-state index in [0.29, 0.717) is 23.5 Å². The van der Waals surface area contributed by atoms with Crippen LogP contribution in [0.15, 0.2) is 84.9 Å². The highest BCUT2D eigenvalue weighted by Crippen LogP contribution is 2.24. The van der Waals surface area contributed by atoms with Crippen LogP contribution in [0, 0.1) is 0 Å². The minimum atomic E-state index is -0.823. The number of hydrogen-bond donors (Lipinski definition) is 2. The Labute approximate surface area is 170 Å². The summed E-state index contributed by atoms with van der Waals surface area (Å²) in [5.41, 5.74) is 1.78. The molecule has 3 aromatic rings. The van der Waals surface area contributed by atoms with Crippen LogP contribution >= 0.6 is 0 Å². The number of ether oxygens (including phenoxy) is 1. The smallest absolute Gasteiger partial charge is 0.270 e. The predicted molar refractivity (Wildman–Crippen MR) is 114 cm³/mol. The third-order valence-electron chi connectivity index (χ3n) is 4.27. The first-order valence-corrected chi connectivity index (χ1v) is 9.63. The summed E-state index contributed by atoms with van der Waals surface area (Å²) in [6.45, 7) is 2.60. The number of carbonyl (C=O) groups excluding carboxylic acids is 2. The molecule has 3 aromatic carbocycles. The Balaban J connectivity index is 1.79. The maximum atomic E-state index is 13.0. The molecule has 0 aliphatic rings. The second-order valence-corrected chi connectivity index (χ2v) is 6.55. The van der Waals surface area contributed by atoms with Gasteiger partial charge in [0.15, 0.2) is 0 Å². The molecule has 0 aliphatic carbocycles. The molecule has 5 nitrogen and oxygen atoms in total. The first kappa shape index (κ1) is 20.1. The van der Waals surface area contributed by atoms with Gasteiger partial charge < -0.3 is 15.4 Å². The van der Waals surface area contributed by atoms with Crippen molar-refractivity contribution in [3.05, 3.63) is 96.1 Å². The van der Waals surface area contributed by atoms with Crippen molar-refractivity contribution in [1.29, 1.82) is 0 Å². The van der Waals surface area contributed by atoms with Gasteiger partial charge in [0, 0.05) is 23.4 Å². The SMILES string of the molecule is CCCNC(=O)c1cccc(NC(=O)C(Oc2ccccc2)c2ccccc2)c1. The number of benzene rings is 3. The molecule has 0 fully saturated rings. The van der Waals surface area contributed by atoms with Gasteiger partial charge >= 0.3 is 0 Å². The predicted octanol–water partition coefficient (Wildman–Crippen LogP) is 4.59. The van der Waals surface area contributed by atoms with Gasteiger partial charge in [0.2, 0.25) is 6.10 Å². The van der Waals surface area contributed by atoms with E-state index in [2.05, 4.69) is 10.6 Å². The molecule has 3 rings (SSSR count). The summed E-state index contributed by atoms with van der Waals surface area (Å²) in [6.07, 6.45) is 0.0359. The lowest BCUT2D eigenvalue weighted by molar-refractivity contribution is -0.123. The second kappa shape index (κ2) is 10.1. The van der Waals surface area contributed by atoms with E-state index >= 15 is 0 Å². The quantitative estimate of drug-likeness (QED) is 0.593. The summed E-state index contributed by atoms with van der Waals surface area (Å²) in [6, 6.07) is 25.4. The highest BCUT2D eigenvalue weighted by atomic mass is 16.5. The van der Waals surface area contributed by atoms with Gasteiger partial charge in [0.25, 0.3) is 11.8 Å². The zero-order valence-electron chi connectivity index (χ0n) is 16.3. The van der Waals surface area contributed by atoms with Gasteiger partial charge in [-0.15, -0.1) is 0 Å². The van der Waals surface area contributed by atoms with Crippen molar-refractivity contribution in [1.82, 2.24) is 5.32 Å². The van der Waals surface area contributed by atoms with Crippen molar-refractivity contribution in [2.24, 2.45) is 0 Å². The van der Waals surface area contributed by atoms with Crippen molar-refractivity contribution < 1.29 is 14.3 Å². The van der Waals surface area contributed by atoms with Crippen molar-refractivity contribution >= 4 is 17.5 Å². The van der Waals surface area contributed by atoms with Crippen LogP contribution in [-0.2, 0) is 4.79 Å². The molecule has 2 N–H and O–H groups in total. The molecule has 1 unspecified atom stereocenters. The molecular formula is C24H24N2O3. The molecular weight excluding hydrogens is 364 g/mol. The largest absolute Gasteiger partial charge is 0.476 e. The van der Waals surface area contributed by atoms with E-state index in [0.717, 1.165) is 12.0 Å². The van der Waals surface area contributed by atoms with Crippen LogP contribution < -0.4 is 15.4 Å². The third-order valence-corrected chi connectivity index (χ3v) is 4.27. The lowest BCUT2D eigenvalue weighted by Gasteiger charge is -2.19. The first-order chi connectivity index (χ1) is 14.2. The Hall–Kier alpha value is -3.60. The minimum absolute atomic E-state index is 0.164. The fourth-order valence-corrected chi connectivity index (χ4v) is 2.82. The molecule has 0 heterocycles. The van der Waals surface area contributed by atoms with Crippen LogP contribution in [0.1, 0.15) is 35.4 Å². The van der Waals surface area contributed by atoms with Crippen LogP contribution in [-0.4, -0.2) is 18.4 Å². The number of amides is 2. The molecule has 1 atom stereocenters. The second-order valence-electron chi connectivity index (χ2n) is 6.55. The molecule has 0 saturated heterocycles. The molecule has 2 amide bonds. The van der Waals surface area contributed by atoms with E-state index in [-0.39, 0.29) is 11.8 Å². The van der Waals surface area contributed by atoms with E-state index in [1.54, 1.807) is 24.3 Å². The topological polar surface area (TPSA) is 67.4 Å². The molecule has 0 bridgehead atoms. The highest BCUT2D eigenvalue weighted by Gasteiger charge is 2.23. The Kier molecular flexibility index (Phi) is 7.00. The average molecular weight is 388 g/mol. The van der Waals surface area contributed by atoms with Gasteiger partial charge in [-0.2, -0.15) is 0 Å². The Morgan fingerprint density at radius 3 is 2.28 bits per heavy atom. The van der Waals surface area contributed by atoms with Gasteiger partial charge in [0.1, 0.15) is 5.75 Å². The number of carbonyl (C=O) groups is 2. The Morgan fingerprint density at radius 2 is 1.59 bits per heavy atom. The zero-order valence-corrected chi connectivity index (χ0v) is 16.3. The minimum Gasteiger partial charge on any atom is -0.476 e. The fourth-order valence-electron chi connectivity index (χ4n) is 2.82. The number of hydrogen-bond acceptors (Lipinski definition) is 3. The average Bonchev–Trinajstić information content (AvgIpc) is 2.77. The van der Waals surface area contributed by atoms with Crippen LogP contribution in [0.2, 0.25) is 0 Å². The summed E-state index contributed by atoms with van der Waals surface area (Å²) >= 11 is 0. The number of rotatable bonds is 8. The van der Waals surface area contributed by atoms with Crippen molar-refractivity contribution in [2.45, 2.75) is 19.4 Å². The van der Waals surface area contributed by atoms with Gasteiger partial charge in [-0.3, -0.25) is 9.59 Å². The van der Waals surface area contributed by atoms with Gasteiger partial charge in [-0.25, -0.2) is 0 Å². The lowest BCUT2D eigenvalue weighted by Crippen LogP contribution is -2.26. The first-order valence-electron chi connectivity index (χ1n) is 9.63. The number of para-hydroxylation sites is 1. The normalized spacial score (nSPS) is 11.3. The van der Waals surface area contributed by atoms with Gasteiger partial charge in [-0.1, -0.05) is 61.5 Å². The van der Waals surface area contributed by atoms with Crippen LogP contribution in [0.4, 0.5) is 5.69 Å². The standard InChI is InChI=1S/C24H24N2O3/c1-2-16-25-23(27)19-12-9-13-20(17-19)26-24(28)22(18-10-5-3-6-11-18)29-21-14-7-4-8-15-21/h3-15,17,22H,2,16H2,1H3,(H,25,27)(H,26,28). The molecule has 0 aliphatic heterocycles. The summed E-state index contributed by atoms with van der Waals surface area (Å²) in [5, 5.41) is 5.70. The maximum absolute atomic E-state index is 13.0. The number of nitrogens with one attached hydrogen (secondary N) is 2. The zero-order chi connectivity index (χ0) is 20.5. The van der Waals surface area contributed by atoms with E-state index < -0.39 is 6.10 Å². The van der Waals surface area contributed by atoms with Crippen LogP contribution in [0.3, 0.4) is 0 Å².